The van der Waals surface area contributed by atoms with Crippen molar-refractivity contribution in [3.63, 3.8) is 0 Å². The van der Waals surface area contributed by atoms with E-state index in [1.165, 1.54) is 12.1 Å². The molecule has 0 aliphatic heterocycles. The van der Waals surface area contributed by atoms with Crippen LogP contribution in [0.3, 0.4) is 0 Å². The van der Waals surface area contributed by atoms with E-state index in [4.69, 9.17) is 21.5 Å². The molecule has 29 heavy (non-hydrogen) atoms. The predicted octanol–water partition coefficient (Wildman–Crippen LogP) is 4.22. The summed E-state index contributed by atoms with van der Waals surface area (Å²) in [5.74, 6) is 0.0142. The van der Waals surface area contributed by atoms with E-state index in [1.54, 1.807) is 54.6 Å². The molecule has 1 atom stereocenters. The number of aryl methyl sites for hydroxylation is 1. The van der Waals surface area contributed by atoms with Gasteiger partial charge in [0.2, 0.25) is 0 Å². The lowest BCUT2D eigenvalue weighted by molar-refractivity contribution is 0.0885. The highest BCUT2D eigenvalue weighted by Crippen LogP contribution is 2.37. The Morgan fingerprint density at radius 3 is 2.28 bits per heavy atom. The molecule has 0 spiro atoms. The van der Waals surface area contributed by atoms with Crippen LogP contribution in [0.4, 0.5) is 0 Å². The quantitative estimate of drug-likeness (QED) is 0.359. The minimum Gasteiger partial charge on any atom is -0.379 e. The molecule has 5 nitrogen and oxygen atoms in total. The van der Waals surface area contributed by atoms with Crippen molar-refractivity contribution in [3.05, 3.63) is 92.0 Å². The summed E-state index contributed by atoms with van der Waals surface area (Å²) in [7, 11) is -4.10. The molecular formula is C21H19ClINO4S. The molecule has 3 rings (SSSR count). The van der Waals surface area contributed by atoms with Crippen molar-refractivity contribution >= 4 is 44.3 Å². The van der Waals surface area contributed by atoms with E-state index >= 15 is 0 Å². The van der Waals surface area contributed by atoms with Gasteiger partial charge in [0.15, 0.2) is 5.75 Å². The smallest absolute Gasteiger partial charge is 0.339 e. The van der Waals surface area contributed by atoms with Crippen LogP contribution in [-0.2, 0) is 15.7 Å². The normalized spacial score (nSPS) is 13.7. The maximum atomic E-state index is 12.8. The van der Waals surface area contributed by atoms with E-state index in [-0.39, 0.29) is 22.8 Å². The van der Waals surface area contributed by atoms with Gasteiger partial charge in [0.05, 0.1) is 0 Å². The third-order valence-electron chi connectivity index (χ3n) is 4.52. The van der Waals surface area contributed by atoms with Gasteiger partial charge in [-0.05, 0) is 71.5 Å². The van der Waals surface area contributed by atoms with Crippen LogP contribution in [-0.4, -0.2) is 20.1 Å². The lowest BCUT2D eigenvalue weighted by atomic mass is 9.86. The molecule has 8 heteroatoms. The molecule has 0 saturated carbocycles. The Bertz CT molecular complexity index is 1120. The number of benzene rings is 3. The van der Waals surface area contributed by atoms with Gasteiger partial charge in [-0.15, -0.1) is 0 Å². The van der Waals surface area contributed by atoms with Gasteiger partial charge in [0.1, 0.15) is 10.5 Å². The van der Waals surface area contributed by atoms with Crippen molar-refractivity contribution in [1.82, 2.24) is 0 Å². The molecule has 0 amide bonds. The zero-order chi connectivity index (χ0) is 21.2. The molecule has 152 valence electrons. The first-order valence-corrected chi connectivity index (χ1v) is 11.5. The number of halogens is 2. The van der Waals surface area contributed by atoms with Gasteiger partial charge in [0.25, 0.3) is 0 Å². The Balaban J connectivity index is 2.10. The average molecular weight is 544 g/mol. The molecule has 3 aromatic rings. The predicted molar refractivity (Wildman–Crippen MR) is 122 cm³/mol. The van der Waals surface area contributed by atoms with Crippen LogP contribution in [0.5, 0.6) is 5.75 Å². The molecule has 0 aliphatic carbocycles. The van der Waals surface area contributed by atoms with Crippen LogP contribution >= 0.6 is 34.2 Å². The van der Waals surface area contributed by atoms with E-state index in [0.29, 0.717) is 10.6 Å². The van der Waals surface area contributed by atoms with Gasteiger partial charge in [-0.25, -0.2) is 0 Å². The van der Waals surface area contributed by atoms with Crippen LogP contribution in [0, 0.1) is 10.5 Å². The van der Waals surface area contributed by atoms with Crippen molar-refractivity contribution in [2.75, 3.05) is 6.54 Å². The minimum atomic E-state index is -4.10. The molecule has 3 N–H and O–H groups in total. The Hall–Kier alpha value is -1.65. The summed E-state index contributed by atoms with van der Waals surface area (Å²) in [6, 6.07) is 17.8. The molecule has 1 unspecified atom stereocenters. The number of hydrogen-bond acceptors (Lipinski definition) is 5. The van der Waals surface area contributed by atoms with Gasteiger partial charge in [-0.3, -0.25) is 0 Å². The summed E-state index contributed by atoms with van der Waals surface area (Å²) in [5.41, 5.74) is 5.91. The second-order valence-corrected chi connectivity index (χ2v) is 9.79. The van der Waals surface area contributed by atoms with Crippen LogP contribution in [0.2, 0.25) is 5.02 Å². The summed E-state index contributed by atoms with van der Waals surface area (Å²) in [4.78, 5) is 0.0238. The monoisotopic (exact) mass is 543 g/mol. The van der Waals surface area contributed by atoms with E-state index < -0.39 is 15.7 Å². The summed E-state index contributed by atoms with van der Waals surface area (Å²) in [6.07, 6.45) is 0. The van der Waals surface area contributed by atoms with Crippen LogP contribution in [0.1, 0.15) is 16.7 Å². The zero-order valence-electron chi connectivity index (χ0n) is 15.5. The Morgan fingerprint density at radius 2 is 1.69 bits per heavy atom. The van der Waals surface area contributed by atoms with Crippen molar-refractivity contribution in [3.8, 4) is 5.75 Å². The highest BCUT2D eigenvalue weighted by Gasteiger charge is 2.34. The standard InChI is InChI=1S/C21H19ClINO4S/c1-14-2-9-18(10-3-14)29(26,27)28-20-12-17(23)8-11-19(20)21(25,13-24)15-4-6-16(22)7-5-15/h2-12,25H,13,24H2,1H3. The third-order valence-corrected chi connectivity index (χ3v) is 6.69. The highest BCUT2D eigenvalue weighted by molar-refractivity contribution is 14.1. The first-order chi connectivity index (χ1) is 13.7. The lowest BCUT2D eigenvalue weighted by Gasteiger charge is -2.29. The second-order valence-electron chi connectivity index (χ2n) is 6.56. The minimum absolute atomic E-state index is 0.0142. The Labute approximate surface area is 188 Å². The first kappa shape index (κ1) is 22.0. The SMILES string of the molecule is Cc1ccc(S(=O)(=O)Oc2cc(I)ccc2C(O)(CN)c2ccc(Cl)cc2)cc1. The molecule has 0 saturated heterocycles. The van der Waals surface area contributed by atoms with Crippen molar-refractivity contribution in [2.45, 2.75) is 17.4 Å². The van der Waals surface area contributed by atoms with Crippen molar-refractivity contribution < 1.29 is 17.7 Å². The fourth-order valence-electron chi connectivity index (χ4n) is 2.89. The van der Waals surface area contributed by atoms with E-state index in [0.717, 1.165) is 9.13 Å². The maximum Gasteiger partial charge on any atom is 0.339 e. The molecule has 0 fully saturated rings. The summed E-state index contributed by atoms with van der Waals surface area (Å²) in [5, 5.41) is 11.9. The number of hydrogen-bond donors (Lipinski definition) is 2. The zero-order valence-corrected chi connectivity index (χ0v) is 19.2. The van der Waals surface area contributed by atoms with Crippen LogP contribution in [0.25, 0.3) is 0 Å². The highest BCUT2D eigenvalue weighted by atomic mass is 127. The van der Waals surface area contributed by atoms with Crippen LogP contribution in [0.15, 0.2) is 71.6 Å². The Morgan fingerprint density at radius 1 is 1.07 bits per heavy atom. The third kappa shape index (κ3) is 4.75. The molecule has 0 aromatic heterocycles. The van der Waals surface area contributed by atoms with E-state index in [1.807, 2.05) is 29.5 Å². The second kappa shape index (κ2) is 8.61. The molecule has 3 aromatic carbocycles. The maximum absolute atomic E-state index is 12.8. The average Bonchev–Trinajstić information content (AvgIpc) is 2.68. The first-order valence-electron chi connectivity index (χ1n) is 8.65. The molecule has 0 heterocycles. The number of aliphatic hydroxyl groups is 1. The number of nitrogens with two attached hydrogens (primary N) is 1. The summed E-state index contributed by atoms with van der Waals surface area (Å²) < 4.78 is 31.8. The van der Waals surface area contributed by atoms with Gasteiger partial charge in [-0.1, -0.05) is 47.5 Å². The van der Waals surface area contributed by atoms with E-state index in [9.17, 15) is 13.5 Å². The van der Waals surface area contributed by atoms with E-state index in [2.05, 4.69) is 0 Å². The fraction of sp³-hybridized carbons (Fsp3) is 0.143. The molecule has 0 bridgehead atoms. The van der Waals surface area contributed by atoms with Gasteiger partial charge >= 0.3 is 10.1 Å². The lowest BCUT2D eigenvalue weighted by Crippen LogP contribution is -2.36. The largest absolute Gasteiger partial charge is 0.379 e. The van der Waals surface area contributed by atoms with Crippen molar-refractivity contribution in [1.29, 1.82) is 0 Å². The molecule has 0 aliphatic rings. The molecule has 0 radical (unpaired) electrons. The van der Waals surface area contributed by atoms with Crippen LogP contribution < -0.4 is 9.92 Å². The molecular weight excluding hydrogens is 525 g/mol. The summed E-state index contributed by atoms with van der Waals surface area (Å²) >= 11 is 8.00. The van der Waals surface area contributed by atoms with Gasteiger partial charge in [0, 0.05) is 20.7 Å². The Kier molecular flexibility index (Phi) is 6.54. The fourth-order valence-corrected chi connectivity index (χ4v) is 4.42. The number of rotatable bonds is 6. The van der Waals surface area contributed by atoms with Gasteiger partial charge in [-0.2, -0.15) is 8.42 Å². The topological polar surface area (TPSA) is 89.6 Å². The van der Waals surface area contributed by atoms with Crippen molar-refractivity contribution in [2.24, 2.45) is 5.73 Å². The van der Waals surface area contributed by atoms with Gasteiger partial charge < -0.3 is 15.0 Å². The summed E-state index contributed by atoms with van der Waals surface area (Å²) in [6.45, 7) is 1.68.